The summed E-state index contributed by atoms with van der Waals surface area (Å²) in [6.07, 6.45) is 8.29. The van der Waals surface area contributed by atoms with E-state index in [2.05, 4.69) is 33.9 Å². The zero-order valence-corrected chi connectivity index (χ0v) is 14.3. The molecule has 2 fully saturated rings. The summed E-state index contributed by atoms with van der Waals surface area (Å²) in [7, 11) is 0. The molecule has 0 amide bonds. The summed E-state index contributed by atoms with van der Waals surface area (Å²) in [5.41, 5.74) is 2.33. The highest BCUT2D eigenvalue weighted by Gasteiger charge is 2.41. The molecule has 0 bridgehead atoms. The number of fused-ring (bicyclic) bond motifs is 1. The molecule has 0 radical (unpaired) electrons. The Morgan fingerprint density at radius 1 is 1.25 bits per heavy atom. The number of nitrogens with zero attached hydrogens (tertiary/aromatic N) is 3. The fourth-order valence-electron chi connectivity index (χ4n) is 3.83. The molecule has 1 aliphatic heterocycles. The largest absolute Gasteiger partial charge is 0.353 e. The molecule has 6 heteroatoms. The van der Waals surface area contributed by atoms with Crippen LogP contribution in [0.2, 0.25) is 0 Å². The van der Waals surface area contributed by atoms with Gasteiger partial charge in [-0.1, -0.05) is 13.3 Å². The van der Waals surface area contributed by atoms with Crippen molar-refractivity contribution in [3.63, 3.8) is 0 Å². The van der Waals surface area contributed by atoms with Gasteiger partial charge < -0.3 is 14.8 Å². The molecule has 1 spiro atoms. The maximum Gasteiger partial charge on any atom is 0.241 e. The first-order valence-electron chi connectivity index (χ1n) is 9.16. The van der Waals surface area contributed by atoms with Gasteiger partial charge in [-0.05, 0) is 31.4 Å². The molecule has 0 aromatic carbocycles. The monoisotopic (exact) mass is 330 g/mol. The number of hydrogen-bond donors (Lipinski definition) is 1. The number of aromatic nitrogens is 3. The predicted octanol–water partition coefficient (Wildman–Crippen LogP) is 3.34. The number of ether oxygens (including phenoxy) is 2. The molecular formula is C18H26N4O2. The third kappa shape index (κ3) is 3.00. The summed E-state index contributed by atoms with van der Waals surface area (Å²) >= 11 is 0. The number of hydrogen-bond acceptors (Lipinski definition) is 5. The van der Waals surface area contributed by atoms with Crippen LogP contribution in [0.4, 0.5) is 5.95 Å². The summed E-state index contributed by atoms with van der Waals surface area (Å²) in [6, 6.07) is 4.30. The molecule has 2 aromatic rings. The number of unbranched alkanes of at least 4 members (excludes halogenated alkanes) is 1. The Labute approximate surface area is 142 Å². The zero-order valence-electron chi connectivity index (χ0n) is 14.3. The molecule has 1 saturated heterocycles. The first-order chi connectivity index (χ1) is 11.8. The van der Waals surface area contributed by atoms with Gasteiger partial charge >= 0.3 is 0 Å². The second-order valence-corrected chi connectivity index (χ2v) is 6.84. The number of anilines is 1. The van der Waals surface area contributed by atoms with E-state index in [0.717, 1.165) is 63.8 Å². The lowest BCUT2D eigenvalue weighted by Crippen LogP contribution is -2.34. The van der Waals surface area contributed by atoms with E-state index >= 15 is 0 Å². The van der Waals surface area contributed by atoms with Crippen LogP contribution < -0.4 is 5.32 Å². The fraction of sp³-hybridized carbons (Fsp3) is 0.667. The summed E-state index contributed by atoms with van der Waals surface area (Å²) in [4.78, 5) is 4.41. The van der Waals surface area contributed by atoms with E-state index in [-0.39, 0.29) is 5.79 Å². The van der Waals surface area contributed by atoms with Crippen LogP contribution in [0, 0.1) is 0 Å². The van der Waals surface area contributed by atoms with Crippen LogP contribution >= 0.6 is 0 Å². The van der Waals surface area contributed by atoms with Crippen LogP contribution in [0.25, 0.3) is 5.52 Å². The first kappa shape index (κ1) is 15.8. The highest BCUT2D eigenvalue weighted by molar-refractivity contribution is 5.48. The molecule has 0 atom stereocenters. The highest BCUT2D eigenvalue weighted by Crippen LogP contribution is 2.42. The molecule has 1 aliphatic carbocycles. The van der Waals surface area contributed by atoms with Crippen LogP contribution in [0.5, 0.6) is 0 Å². The normalized spacial score (nSPS) is 20.9. The van der Waals surface area contributed by atoms with Gasteiger partial charge in [-0.2, -0.15) is 0 Å². The topological polar surface area (TPSA) is 60.7 Å². The standard InChI is InChI=1S/C18H26N4O2/c1-2-3-10-19-17-20-13-15-4-5-16(22(15)21-17)14-6-8-18(9-7-14)23-11-12-24-18/h4-5,13-14H,2-3,6-12H2,1H3,(H,19,21). The maximum atomic E-state index is 5.84. The molecule has 6 nitrogen and oxygen atoms in total. The summed E-state index contributed by atoms with van der Waals surface area (Å²) in [5.74, 6) is 0.915. The van der Waals surface area contributed by atoms with E-state index in [1.54, 1.807) is 0 Å². The average molecular weight is 330 g/mol. The van der Waals surface area contributed by atoms with Crippen molar-refractivity contribution in [2.24, 2.45) is 0 Å². The predicted molar refractivity (Wildman–Crippen MR) is 92.2 cm³/mol. The summed E-state index contributed by atoms with van der Waals surface area (Å²) in [6.45, 7) is 4.57. The Bertz CT molecular complexity index is 683. The van der Waals surface area contributed by atoms with Crippen molar-refractivity contribution in [1.82, 2.24) is 14.6 Å². The third-order valence-corrected chi connectivity index (χ3v) is 5.22. The molecule has 1 saturated carbocycles. The molecule has 0 unspecified atom stereocenters. The van der Waals surface area contributed by atoms with Crippen molar-refractivity contribution in [3.05, 3.63) is 24.0 Å². The average Bonchev–Trinajstić information content (AvgIpc) is 3.23. The van der Waals surface area contributed by atoms with Crippen LogP contribution in [0.15, 0.2) is 18.3 Å². The lowest BCUT2D eigenvalue weighted by molar-refractivity contribution is -0.179. The van der Waals surface area contributed by atoms with E-state index in [1.807, 2.05) is 6.20 Å². The second kappa shape index (κ2) is 6.69. The van der Waals surface area contributed by atoms with Crippen LogP contribution in [-0.2, 0) is 9.47 Å². The summed E-state index contributed by atoms with van der Waals surface area (Å²) in [5, 5.41) is 8.02. The van der Waals surface area contributed by atoms with E-state index in [9.17, 15) is 0 Å². The van der Waals surface area contributed by atoms with Gasteiger partial charge in [-0.3, -0.25) is 0 Å². The van der Waals surface area contributed by atoms with Gasteiger partial charge in [0, 0.05) is 31.0 Å². The van der Waals surface area contributed by atoms with Gasteiger partial charge in [0.25, 0.3) is 0 Å². The minimum Gasteiger partial charge on any atom is -0.353 e. The van der Waals surface area contributed by atoms with Gasteiger partial charge in [0.05, 0.1) is 24.9 Å². The fourth-order valence-corrected chi connectivity index (χ4v) is 3.83. The van der Waals surface area contributed by atoms with E-state index < -0.39 is 0 Å². The van der Waals surface area contributed by atoms with E-state index in [4.69, 9.17) is 14.6 Å². The first-order valence-corrected chi connectivity index (χ1v) is 9.16. The number of rotatable bonds is 5. The minimum atomic E-state index is -0.300. The van der Waals surface area contributed by atoms with E-state index in [1.165, 1.54) is 5.69 Å². The molecule has 24 heavy (non-hydrogen) atoms. The Balaban J connectivity index is 1.50. The van der Waals surface area contributed by atoms with Crippen LogP contribution in [-0.4, -0.2) is 40.1 Å². The Morgan fingerprint density at radius 2 is 2.04 bits per heavy atom. The van der Waals surface area contributed by atoms with Crippen molar-refractivity contribution in [3.8, 4) is 0 Å². The van der Waals surface area contributed by atoms with E-state index in [0.29, 0.717) is 11.9 Å². The Morgan fingerprint density at radius 3 is 2.79 bits per heavy atom. The number of nitrogens with one attached hydrogen (secondary N) is 1. The highest BCUT2D eigenvalue weighted by atomic mass is 16.7. The van der Waals surface area contributed by atoms with Gasteiger partial charge in [-0.25, -0.2) is 9.50 Å². The zero-order chi connectivity index (χ0) is 16.4. The van der Waals surface area contributed by atoms with Crippen molar-refractivity contribution >= 4 is 11.5 Å². The van der Waals surface area contributed by atoms with Crippen molar-refractivity contribution < 1.29 is 9.47 Å². The molecule has 1 N–H and O–H groups in total. The minimum absolute atomic E-state index is 0.300. The van der Waals surface area contributed by atoms with Gasteiger partial charge in [0.15, 0.2) is 5.79 Å². The SMILES string of the molecule is CCCCNc1ncc2ccc(C3CCC4(CC3)OCCO4)n2n1. The molecular weight excluding hydrogens is 304 g/mol. The summed E-state index contributed by atoms with van der Waals surface area (Å²) < 4.78 is 13.7. The molecule has 2 aromatic heterocycles. The van der Waals surface area contributed by atoms with Gasteiger partial charge in [-0.15, -0.1) is 5.10 Å². The molecule has 130 valence electrons. The molecule has 3 heterocycles. The van der Waals surface area contributed by atoms with Crippen molar-refractivity contribution in [1.29, 1.82) is 0 Å². The van der Waals surface area contributed by atoms with Crippen molar-refractivity contribution in [2.45, 2.75) is 57.2 Å². The maximum absolute atomic E-state index is 5.84. The lowest BCUT2D eigenvalue weighted by atomic mass is 9.83. The van der Waals surface area contributed by atoms with Crippen LogP contribution in [0.3, 0.4) is 0 Å². The van der Waals surface area contributed by atoms with Gasteiger partial charge in [0.2, 0.25) is 5.95 Å². The van der Waals surface area contributed by atoms with Gasteiger partial charge in [0.1, 0.15) is 0 Å². The smallest absolute Gasteiger partial charge is 0.241 e. The lowest BCUT2D eigenvalue weighted by Gasteiger charge is -2.35. The van der Waals surface area contributed by atoms with Crippen molar-refractivity contribution in [2.75, 3.05) is 25.1 Å². The Hall–Kier alpha value is -1.66. The molecule has 4 rings (SSSR count). The quantitative estimate of drug-likeness (QED) is 0.852. The van der Waals surface area contributed by atoms with Crippen LogP contribution in [0.1, 0.15) is 57.1 Å². The Kier molecular flexibility index (Phi) is 4.41. The second-order valence-electron chi connectivity index (χ2n) is 6.84. The molecule has 2 aliphatic rings. The third-order valence-electron chi connectivity index (χ3n) is 5.22.